The summed E-state index contributed by atoms with van der Waals surface area (Å²) in [5, 5.41) is 0. The molecule has 4 nitrogen and oxygen atoms in total. The van der Waals surface area contributed by atoms with Gasteiger partial charge in [0, 0.05) is 36.0 Å². The molecule has 0 amide bonds. The van der Waals surface area contributed by atoms with Crippen LogP contribution >= 0.6 is 0 Å². The number of allylic oxidation sites excluding steroid dienone is 2. The number of halogens is 2. The lowest BCUT2D eigenvalue weighted by atomic mass is 9.84. The van der Waals surface area contributed by atoms with Crippen LogP contribution in [0.3, 0.4) is 0 Å². The van der Waals surface area contributed by atoms with Crippen LogP contribution in [0.15, 0.2) is 140 Å². The molecule has 1 aliphatic rings. The van der Waals surface area contributed by atoms with Gasteiger partial charge in [-0.2, -0.15) is 8.78 Å². The molecule has 0 unspecified atom stereocenters. The molecule has 0 aliphatic heterocycles. The molecule has 0 fully saturated rings. The Morgan fingerprint density at radius 3 is 1.69 bits per heavy atom. The van der Waals surface area contributed by atoms with E-state index in [-0.39, 0.29) is 5.92 Å². The van der Waals surface area contributed by atoms with Gasteiger partial charge in [-0.15, -0.1) is 0 Å². The third kappa shape index (κ3) is 11.3. The van der Waals surface area contributed by atoms with Gasteiger partial charge in [-0.3, -0.25) is 0 Å². The summed E-state index contributed by atoms with van der Waals surface area (Å²) < 4.78 is 38.2. The number of ether oxygens (including phenoxy) is 2. The van der Waals surface area contributed by atoms with E-state index in [0.29, 0.717) is 6.61 Å². The van der Waals surface area contributed by atoms with Crippen molar-refractivity contribution in [2.24, 2.45) is 0 Å². The van der Waals surface area contributed by atoms with Gasteiger partial charge in [0.15, 0.2) is 0 Å². The Kier molecular flexibility index (Phi) is 14.9. The first-order chi connectivity index (χ1) is 25.5. The fourth-order valence-corrected chi connectivity index (χ4v) is 6.12. The van der Waals surface area contributed by atoms with Crippen molar-refractivity contribution in [1.82, 2.24) is 9.97 Å². The zero-order chi connectivity index (χ0) is 36.4. The Morgan fingerprint density at radius 1 is 0.558 bits per heavy atom. The van der Waals surface area contributed by atoms with Crippen LogP contribution in [0, 0.1) is 11.9 Å². The van der Waals surface area contributed by atoms with Gasteiger partial charge in [-0.1, -0.05) is 131 Å². The third-order valence-corrected chi connectivity index (χ3v) is 9.20. The molecule has 0 atom stereocenters. The van der Waals surface area contributed by atoms with Gasteiger partial charge < -0.3 is 9.47 Å². The van der Waals surface area contributed by atoms with Crippen LogP contribution < -0.4 is 4.74 Å². The minimum absolute atomic E-state index is 0.224. The second-order valence-corrected chi connectivity index (χ2v) is 13.1. The lowest BCUT2D eigenvalue weighted by Gasteiger charge is -2.32. The Labute approximate surface area is 308 Å². The molecular weight excluding hydrogens is 651 g/mol. The number of nitrogens with zero attached hydrogens (tertiary/aromatic N) is 2. The summed E-state index contributed by atoms with van der Waals surface area (Å²) in [6.07, 6.45) is 21.1. The summed E-state index contributed by atoms with van der Waals surface area (Å²) in [6.45, 7) is 5.84. The van der Waals surface area contributed by atoms with Crippen molar-refractivity contribution >= 4 is 0 Å². The summed E-state index contributed by atoms with van der Waals surface area (Å²) in [5.74, 6) is 0.208. The molecule has 0 N–H and O–H groups in total. The SMILES string of the molecule is CCCCCCCOc1ccc(-c2ccc(-c3ccc(F)nc3)cc2)cc1.CCCCCOC1(c2ccc(F)nc2)C=CC(c2ccccc2)C=C1. The topological polar surface area (TPSA) is 44.2 Å². The van der Waals surface area contributed by atoms with Crippen LogP contribution in [0.25, 0.3) is 22.3 Å². The molecule has 3 aromatic carbocycles. The first-order valence-corrected chi connectivity index (χ1v) is 18.6. The van der Waals surface area contributed by atoms with E-state index in [1.165, 1.54) is 43.4 Å². The molecule has 2 heterocycles. The Morgan fingerprint density at radius 2 is 1.10 bits per heavy atom. The summed E-state index contributed by atoms with van der Waals surface area (Å²) >= 11 is 0. The lowest BCUT2D eigenvalue weighted by molar-refractivity contribution is 0.0208. The van der Waals surface area contributed by atoms with Gasteiger partial charge in [0.25, 0.3) is 0 Å². The highest BCUT2D eigenvalue weighted by molar-refractivity contribution is 5.70. The minimum Gasteiger partial charge on any atom is -0.494 e. The largest absolute Gasteiger partial charge is 0.494 e. The lowest BCUT2D eigenvalue weighted by Crippen LogP contribution is -2.28. The third-order valence-electron chi connectivity index (χ3n) is 9.20. The molecule has 52 heavy (non-hydrogen) atoms. The van der Waals surface area contributed by atoms with Crippen molar-refractivity contribution in [2.75, 3.05) is 13.2 Å². The average molecular weight is 701 g/mol. The molecule has 0 saturated carbocycles. The summed E-state index contributed by atoms with van der Waals surface area (Å²) in [4.78, 5) is 7.52. The van der Waals surface area contributed by atoms with E-state index in [9.17, 15) is 8.78 Å². The molecule has 0 radical (unpaired) electrons. The number of aromatic nitrogens is 2. The number of rotatable bonds is 16. The number of hydrogen-bond acceptors (Lipinski definition) is 4. The Hall–Kier alpha value is -4.94. The number of pyridine rings is 2. The number of unbranched alkanes of at least 4 members (excludes halogenated alkanes) is 6. The van der Waals surface area contributed by atoms with Crippen LogP contribution in [0.4, 0.5) is 8.78 Å². The van der Waals surface area contributed by atoms with Crippen molar-refractivity contribution < 1.29 is 18.3 Å². The van der Waals surface area contributed by atoms with E-state index < -0.39 is 17.5 Å². The zero-order valence-electron chi connectivity index (χ0n) is 30.4. The Bertz CT molecular complexity index is 1790. The van der Waals surface area contributed by atoms with Crippen molar-refractivity contribution in [2.45, 2.75) is 76.7 Å². The van der Waals surface area contributed by atoms with Crippen LogP contribution in [0.1, 0.15) is 82.3 Å². The maximum absolute atomic E-state index is 13.2. The number of hydrogen-bond donors (Lipinski definition) is 0. The van der Waals surface area contributed by atoms with Crippen LogP contribution in [-0.4, -0.2) is 23.2 Å². The summed E-state index contributed by atoms with van der Waals surface area (Å²) in [7, 11) is 0. The molecule has 0 bridgehead atoms. The molecule has 0 saturated heterocycles. The van der Waals surface area contributed by atoms with E-state index in [4.69, 9.17) is 9.47 Å². The average Bonchev–Trinajstić information content (AvgIpc) is 3.20. The van der Waals surface area contributed by atoms with E-state index in [1.807, 2.05) is 42.5 Å². The maximum atomic E-state index is 13.2. The highest BCUT2D eigenvalue weighted by Gasteiger charge is 2.31. The van der Waals surface area contributed by atoms with Crippen molar-refractivity contribution in [3.8, 4) is 28.0 Å². The molecule has 2 aromatic heterocycles. The first-order valence-electron chi connectivity index (χ1n) is 18.6. The smallest absolute Gasteiger partial charge is 0.212 e. The van der Waals surface area contributed by atoms with E-state index in [1.54, 1.807) is 24.5 Å². The van der Waals surface area contributed by atoms with Gasteiger partial charge in [0.2, 0.25) is 11.9 Å². The first kappa shape index (κ1) is 38.3. The van der Waals surface area contributed by atoms with Crippen LogP contribution in [0.2, 0.25) is 0 Å². The van der Waals surface area contributed by atoms with Gasteiger partial charge in [0.1, 0.15) is 11.4 Å². The molecule has 6 heteroatoms. The van der Waals surface area contributed by atoms with Gasteiger partial charge >= 0.3 is 0 Å². The highest BCUT2D eigenvalue weighted by Crippen LogP contribution is 2.36. The molecule has 270 valence electrons. The van der Waals surface area contributed by atoms with Gasteiger partial charge in [-0.05, 0) is 83.6 Å². The molecular formula is C46H50F2N2O2. The summed E-state index contributed by atoms with van der Waals surface area (Å²) in [6, 6.07) is 33.0. The quantitative estimate of drug-likeness (QED) is 0.0584. The Balaban J connectivity index is 0.000000202. The fraction of sp³-hybridized carbons (Fsp3) is 0.304. The molecule has 5 aromatic rings. The van der Waals surface area contributed by atoms with Gasteiger partial charge in [-0.25, -0.2) is 9.97 Å². The second kappa shape index (κ2) is 20.2. The van der Waals surface area contributed by atoms with E-state index in [0.717, 1.165) is 65.9 Å². The van der Waals surface area contributed by atoms with Crippen LogP contribution in [0.5, 0.6) is 5.75 Å². The maximum Gasteiger partial charge on any atom is 0.212 e. The molecule has 1 aliphatic carbocycles. The standard InChI is InChI=1S/C24H26FNO.C22H24FNO/c1-2-3-4-5-6-17-27-23-14-11-20(12-15-23)19-7-9-21(10-8-19)22-13-16-24(25)26-18-22;1-2-3-7-16-25-22(20-10-11-21(23)24-17-20)14-12-19(13-15-22)18-8-5-4-6-9-18/h7-16,18H,2-6,17H2,1H3;4-6,8-15,17,19H,2-3,7,16H2,1H3. The normalized spacial score (nSPS) is 16.3. The van der Waals surface area contributed by atoms with Crippen molar-refractivity contribution in [3.05, 3.63) is 163 Å². The van der Waals surface area contributed by atoms with Crippen LogP contribution in [-0.2, 0) is 10.3 Å². The van der Waals surface area contributed by atoms with Gasteiger partial charge in [0.05, 0.1) is 6.61 Å². The zero-order valence-corrected chi connectivity index (χ0v) is 30.4. The predicted octanol–water partition coefficient (Wildman–Crippen LogP) is 12.4. The van der Waals surface area contributed by atoms with E-state index >= 15 is 0 Å². The number of benzene rings is 3. The molecule has 0 spiro atoms. The molecule has 6 rings (SSSR count). The second-order valence-electron chi connectivity index (χ2n) is 13.1. The predicted molar refractivity (Wildman–Crippen MR) is 208 cm³/mol. The fourth-order valence-electron chi connectivity index (χ4n) is 6.12. The van der Waals surface area contributed by atoms with Crippen molar-refractivity contribution in [3.63, 3.8) is 0 Å². The monoisotopic (exact) mass is 700 g/mol. The van der Waals surface area contributed by atoms with Crippen molar-refractivity contribution in [1.29, 1.82) is 0 Å². The summed E-state index contributed by atoms with van der Waals surface area (Å²) in [5.41, 5.74) is 5.64. The highest BCUT2D eigenvalue weighted by atomic mass is 19.1. The van der Waals surface area contributed by atoms with E-state index in [2.05, 4.69) is 84.5 Å². The minimum atomic E-state index is -0.667.